The van der Waals surface area contributed by atoms with E-state index in [1.165, 1.54) is 0 Å². The zero-order chi connectivity index (χ0) is 6.97. The van der Waals surface area contributed by atoms with Gasteiger partial charge in [-0.05, 0) is 24.7 Å². The van der Waals surface area contributed by atoms with Crippen LogP contribution in [-0.4, -0.2) is 13.2 Å². The maximum atomic E-state index is 5.89. The first kappa shape index (κ1) is 6.68. The van der Waals surface area contributed by atoms with Gasteiger partial charge in [0.05, 0.1) is 13.2 Å². The van der Waals surface area contributed by atoms with Crippen LogP contribution >= 0.6 is 11.6 Å². The van der Waals surface area contributed by atoms with Crippen molar-refractivity contribution < 1.29 is 4.74 Å². The van der Waals surface area contributed by atoms with Crippen LogP contribution in [0, 0.1) is 11.8 Å². The molecule has 1 heterocycles. The summed E-state index contributed by atoms with van der Waals surface area (Å²) in [5.74, 6) is 1.49. The standard InChI is InChI=1S/C8H11ClO/c9-8-2-1-6-4-10-5-7(6)3-8/h2,6-7H,1,3-5H2/t6-,7-/m0/s1. The predicted molar refractivity (Wildman–Crippen MR) is 41.0 cm³/mol. The highest BCUT2D eigenvalue weighted by molar-refractivity contribution is 6.29. The molecule has 0 saturated carbocycles. The predicted octanol–water partition coefficient (Wildman–Crippen LogP) is 2.17. The van der Waals surface area contributed by atoms with Crippen LogP contribution in [0.2, 0.25) is 0 Å². The van der Waals surface area contributed by atoms with Crippen LogP contribution in [0.25, 0.3) is 0 Å². The van der Waals surface area contributed by atoms with Crippen molar-refractivity contribution in [1.29, 1.82) is 0 Å². The molecule has 1 aliphatic carbocycles. The van der Waals surface area contributed by atoms with Crippen LogP contribution in [0.3, 0.4) is 0 Å². The van der Waals surface area contributed by atoms with E-state index in [0.29, 0.717) is 0 Å². The van der Waals surface area contributed by atoms with Crippen LogP contribution in [0.4, 0.5) is 0 Å². The normalized spacial score (nSPS) is 39.1. The molecular formula is C8H11ClO. The minimum atomic E-state index is 0.720. The van der Waals surface area contributed by atoms with Gasteiger partial charge in [-0.15, -0.1) is 0 Å². The van der Waals surface area contributed by atoms with Crippen molar-refractivity contribution >= 4 is 11.6 Å². The van der Waals surface area contributed by atoms with E-state index in [1.807, 2.05) is 0 Å². The Balaban J connectivity index is 2.08. The lowest BCUT2D eigenvalue weighted by atomic mass is 9.86. The summed E-state index contributed by atoms with van der Waals surface area (Å²) in [7, 11) is 0. The largest absolute Gasteiger partial charge is 0.381 e. The van der Waals surface area contributed by atoms with Crippen LogP contribution in [0.15, 0.2) is 11.1 Å². The first-order chi connectivity index (χ1) is 4.86. The number of hydrogen-bond acceptors (Lipinski definition) is 1. The Morgan fingerprint density at radius 1 is 1.40 bits per heavy atom. The Morgan fingerprint density at radius 3 is 3.10 bits per heavy atom. The third-order valence-electron chi connectivity index (χ3n) is 2.43. The van der Waals surface area contributed by atoms with Gasteiger partial charge in [-0.25, -0.2) is 0 Å². The van der Waals surface area contributed by atoms with Crippen molar-refractivity contribution in [3.8, 4) is 0 Å². The van der Waals surface area contributed by atoms with E-state index in [4.69, 9.17) is 16.3 Å². The number of halogens is 1. The maximum absolute atomic E-state index is 5.89. The van der Waals surface area contributed by atoms with Crippen molar-refractivity contribution in [1.82, 2.24) is 0 Å². The summed E-state index contributed by atoms with van der Waals surface area (Å²) in [5, 5.41) is 1.03. The van der Waals surface area contributed by atoms with Crippen molar-refractivity contribution in [3.63, 3.8) is 0 Å². The van der Waals surface area contributed by atoms with Gasteiger partial charge in [0.2, 0.25) is 0 Å². The Morgan fingerprint density at radius 2 is 2.20 bits per heavy atom. The molecule has 1 fully saturated rings. The van der Waals surface area contributed by atoms with E-state index in [1.54, 1.807) is 0 Å². The average molecular weight is 159 g/mol. The summed E-state index contributed by atoms with van der Waals surface area (Å²) in [5.41, 5.74) is 0. The third kappa shape index (κ3) is 1.08. The summed E-state index contributed by atoms with van der Waals surface area (Å²) in [6.07, 6.45) is 4.31. The summed E-state index contributed by atoms with van der Waals surface area (Å²) in [6.45, 7) is 1.88. The number of ether oxygens (including phenoxy) is 1. The zero-order valence-corrected chi connectivity index (χ0v) is 6.60. The second kappa shape index (κ2) is 2.55. The maximum Gasteiger partial charge on any atom is 0.0501 e. The molecule has 10 heavy (non-hydrogen) atoms. The number of fused-ring (bicyclic) bond motifs is 1. The minimum Gasteiger partial charge on any atom is -0.381 e. The van der Waals surface area contributed by atoms with Gasteiger partial charge in [-0.2, -0.15) is 0 Å². The van der Waals surface area contributed by atoms with Crippen LogP contribution in [0.1, 0.15) is 12.8 Å². The molecule has 1 saturated heterocycles. The topological polar surface area (TPSA) is 9.23 Å². The molecule has 56 valence electrons. The summed E-state index contributed by atoms with van der Waals surface area (Å²) < 4.78 is 5.35. The molecule has 0 unspecified atom stereocenters. The van der Waals surface area contributed by atoms with Gasteiger partial charge in [0.15, 0.2) is 0 Å². The molecule has 1 aliphatic heterocycles. The Labute approximate surface area is 66.0 Å². The molecule has 2 rings (SSSR count). The summed E-state index contributed by atoms with van der Waals surface area (Å²) in [6, 6.07) is 0. The van der Waals surface area contributed by atoms with Crippen LogP contribution in [-0.2, 0) is 4.74 Å². The fourth-order valence-corrected chi connectivity index (χ4v) is 2.03. The van der Waals surface area contributed by atoms with Gasteiger partial charge in [0.25, 0.3) is 0 Å². The molecule has 0 aromatic carbocycles. The van der Waals surface area contributed by atoms with E-state index in [9.17, 15) is 0 Å². The van der Waals surface area contributed by atoms with Crippen LogP contribution < -0.4 is 0 Å². The molecule has 2 aliphatic rings. The number of hydrogen-bond donors (Lipinski definition) is 0. The highest BCUT2D eigenvalue weighted by Crippen LogP contribution is 2.35. The molecule has 0 bridgehead atoms. The molecule has 0 aromatic heterocycles. The van der Waals surface area contributed by atoms with Crippen molar-refractivity contribution in [2.75, 3.05) is 13.2 Å². The molecule has 0 radical (unpaired) electrons. The number of allylic oxidation sites excluding steroid dienone is 2. The highest BCUT2D eigenvalue weighted by Gasteiger charge is 2.30. The van der Waals surface area contributed by atoms with E-state index in [0.717, 1.165) is 42.9 Å². The molecule has 0 amide bonds. The van der Waals surface area contributed by atoms with Crippen molar-refractivity contribution in [2.45, 2.75) is 12.8 Å². The molecule has 2 atom stereocenters. The van der Waals surface area contributed by atoms with Crippen molar-refractivity contribution in [2.24, 2.45) is 11.8 Å². The van der Waals surface area contributed by atoms with Gasteiger partial charge in [0.1, 0.15) is 0 Å². The second-order valence-corrected chi connectivity index (χ2v) is 3.63. The molecule has 1 nitrogen and oxygen atoms in total. The van der Waals surface area contributed by atoms with Gasteiger partial charge >= 0.3 is 0 Å². The SMILES string of the molecule is ClC1=CC[C@H]2COC[C@@H]2C1. The van der Waals surface area contributed by atoms with E-state index in [-0.39, 0.29) is 0 Å². The Hall–Kier alpha value is -0.0100. The lowest BCUT2D eigenvalue weighted by molar-refractivity contribution is 0.181. The van der Waals surface area contributed by atoms with Crippen LogP contribution in [0.5, 0.6) is 0 Å². The fraction of sp³-hybridized carbons (Fsp3) is 0.750. The summed E-state index contributed by atoms with van der Waals surface area (Å²) in [4.78, 5) is 0. The molecular weight excluding hydrogens is 148 g/mol. The Bertz CT molecular complexity index is 165. The smallest absolute Gasteiger partial charge is 0.0501 e. The first-order valence-corrected chi connectivity index (χ1v) is 4.16. The van der Waals surface area contributed by atoms with Gasteiger partial charge < -0.3 is 4.74 Å². The van der Waals surface area contributed by atoms with E-state index in [2.05, 4.69) is 6.08 Å². The lowest BCUT2D eigenvalue weighted by Gasteiger charge is -2.19. The fourth-order valence-electron chi connectivity index (χ4n) is 1.74. The number of rotatable bonds is 0. The molecule has 0 aromatic rings. The average Bonchev–Trinajstić information content (AvgIpc) is 2.33. The van der Waals surface area contributed by atoms with E-state index < -0.39 is 0 Å². The van der Waals surface area contributed by atoms with E-state index >= 15 is 0 Å². The zero-order valence-electron chi connectivity index (χ0n) is 5.85. The second-order valence-electron chi connectivity index (χ2n) is 3.15. The third-order valence-corrected chi connectivity index (χ3v) is 2.74. The van der Waals surface area contributed by atoms with Gasteiger partial charge in [-0.3, -0.25) is 0 Å². The molecule has 0 N–H and O–H groups in total. The van der Waals surface area contributed by atoms with Gasteiger partial charge in [-0.1, -0.05) is 17.7 Å². The first-order valence-electron chi connectivity index (χ1n) is 3.78. The molecule has 2 heteroatoms. The Kier molecular flexibility index (Phi) is 1.71. The van der Waals surface area contributed by atoms with Crippen molar-refractivity contribution in [3.05, 3.63) is 11.1 Å². The molecule has 0 spiro atoms. The lowest BCUT2D eigenvalue weighted by Crippen LogP contribution is -2.15. The minimum absolute atomic E-state index is 0.720. The monoisotopic (exact) mass is 158 g/mol. The quantitative estimate of drug-likeness (QED) is 0.525. The summed E-state index contributed by atoms with van der Waals surface area (Å²) >= 11 is 5.89. The van der Waals surface area contributed by atoms with Gasteiger partial charge in [0, 0.05) is 5.03 Å². The highest BCUT2D eigenvalue weighted by atomic mass is 35.5.